The van der Waals surface area contributed by atoms with Gasteiger partial charge in [-0.05, 0) is 23.9 Å². The summed E-state index contributed by atoms with van der Waals surface area (Å²) in [5, 5.41) is 4.22. The number of fused-ring (bicyclic) bond motifs is 1. The number of amides is 1. The average Bonchev–Trinajstić information content (AvgIpc) is 2.35. The SMILES string of the molecule is CNC(=O)c1cc(C)cc2cccc(C=O)c12. The van der Waals surface area contributed by atoms with Crippen molar-refractivity contribution in [3.8, 4) is 0 Å². The number of nitrogens with one attached hydrogen (secondary N) is 1. The van der Waals surface area contributed by atoms with Crippen molar-refractivity contribution in [3.05, 3.63) is 47.0 Å². The van der Waals surface area contributed by atoms with E-state index >= 15 is 0 Å². The van der Waals surface area contributed by atoms with E-state index in [4.69, 9.17) is 0 Å². The van der Waals surface area contributed by atoms with Crippen LogP contribution in [0.25, 0.3) is 10.8 Å². The lowest BCUT2D eigenvalue weighted by atomic mass is 9.97. The molecule has 1 N–H and O–H groups in total. The summed E-state index contributed by atoms with van der Waals surface area (Å²) < 4.78 is 0. The molecule has 0 aromatic heterocycles. The van der Waals surface area contributed by atoms with Gasteiger partial charge in [0.1, 0.15) is 0 Å². The summed E-state index contributed by atoms with van der Waals surface area (Å²) in [5.74, 6) is -0.173. The molecule has 0 atom stereocenters. The number of carbonyl (C=O) groups excluding carboxylic acids is 2. The Labute approximate surface area is 99.4 Å². The van der Waals surface area contributed by atoms with Gasteiger partial charge >= 0.3 is 0 Å². The normalized spacial score (nSPS) is 10.2. The van der Waals surface area contributed by atoms with E-state index in [9.17, 15) is 9.59 Å². The van der Waals surface area contributed by atoms with E-state index in [2.05, 4.69) is 5.32 Å². The average molecular weight is 227 g/mol. The smallest absolute Gasteiger partial charge is 0.251 e. The lowest BCUT2D eigenvalue weighted by Crippen LogP contribution is -2.18. The van der Waals surface area contributed by atoms with Crippen molar-refractivity contribution in [3.63, 3.8) is 0 Å². The molecule has 0 bridgehead atoms. The van der Waals surface area contributed by atoms with Crippen LogP contribution in [0.15, 0.2) is 30.3 Å². The zero-order chi connectivity index (χ0) is 12.4. The molecule has 0 saturated carbocycles. The molecule has 86 valence electrons. The Bertz CT molecular complexity index is 602. The molecule has 2 aromatic carbocycles. The van der Waals surface area contributed by atoms with Crippen LogP contribution in [-0.4, -0.2) is 19.2 Å². The molecule has 0 heterocycles. The van der Waals surface area contributed by atoms with Crippen molar-refractivity contribution >= 4 is 23.0 Å². The molecule has 1 amide bonds. The van der Waals surface area contributed by atoms with Gasteiger partial charge in [0.05, 0.1) is 0 Å². The predicted octanol–water partition coefficient (Wildman–Crippen LogP) is 2.32. The highest BCUT2D eigenvalue weighted by molar-refractivity contribution is 6.12. The molecular formula is C14H13NO2. The van der Waals surface area contributed by atoms with Gasteiger partial charge in [0.2, 0.25) is 0 Å². The fourth-order valence-electron chi connectivity index (χ4n) is 2.02. The fourth-order valence-corrected chi connectivity index (χ4v) is 2.02. The fraction of sp³-hybridized carbons (Fsp3) is 0.143. The van der Waals surface area contributed by atoms with E-state index in [0.717, 1.165) is 17.2 Å². The molecule has 0 saturated heterocycles. The van der Waals surface area contributed by atoms with Gasteiger partial charge in [-0.2, -0.15) is 0 Å². The maximum absolute atomic E-state index is 11.8. The third-order valence-electron chi connectivity index (χ3n) is 2.75. The number of benzene rings is 2. The number of hydrogen-bond donors (Lipinski definition) is 1. The molecule has 0 unspecified atom stereocenters. The Balaban J connectivity index is 2.89. The highest BCUT2D eigenvalue weighted by atomic mass is 16.1. The summed E-state index contributed by atoms with van der Waals surface area (Å²) in [6.07, 6.45) is 0.782. The van der Waals surface area contributed by atoms with Crippen molar-refractivity contribution in [2.24, 2.45) is 0 Å². The van der Waals surface area contributed by atoms with Crippen LogP contribution in [-0.2, 0) is 0 Å². The number of rotatable bonds is 2. The summed E-state index contributed by atoms with van der Waals surface area (Å²) in [5.41, 5.74) is 2.09. The molecule has 2 aromatic rings. The van der Waals surface area contributed by atoms with Crippen LogP contribution in [0.2, 0.25) is 0 Å². The predicted molar refractivity (Wildman–Crippen MR) is 67.5 cm³/mol. The Morgan fingerprint density at radius 2 is 2.06 bits per heavy atom. The van der Waals surface area contributed by atoms with Crippen LogP contribution in [0.4, 0.5) is 0 Å². The second-order valence-corrected chi connectivity index (χ2v) is 3.95. The number of carbonyl (C=O) groups is 2. The molecule has 0 aliphatic rings. The van der Waals surface area contributed by atoms with Crippen LogP contribution in [0.3, 0.4) is 0 Å². The highest BCUT2D eigenvalue weighted by Crippen LogP contribution is 2.24. The van der Waals surface area contributed by atoms with Crippen LogP contribution in [0.1, 0.15) is 26.3 Å². The van der Waals surface area contributed by atoms with Crippen molar-refractivity contribution in [1.29, 1.82) is 0 Å². The van der Waals surface area contributed by atoms with Crippen LogP contribution in [0.5, 0.6) is 0 Å². The Hall–Kier alpha value is -2.16. The summed E-state index contributed by atoms with van der Waals surface area (Å²) in [6.45, 7) is 1.93. The Kier molecular flexibility index (Phi) is 2.91. The van der Waals surface area contributed by atoms with E-state index in [1.54, 1.807) is 19.2 Å². The molecule has 3 heteroatoms. The highest BCUT2D eigenvalue weighted by Gasteiger charge is 2.12. The van der Waals surface area contributed by atoms with E-state index in [1.165, 1.54) is 0 Å². The van der Waals surface area contributed by atoms with E-state index < -0.39 is 0 Å². The molecule has 2 rings (SSSR count). The second kappa shape index (κ2) is 4.37. The van der Waals surface area contributed by atoms with Gasteiger partial charge < -0.3 is 5.32 Å². The molecule has 17 heavy (non-hydrogen) atoms. The van der Waals surface area contributed by atoms with Crippen molar-refractivity contribution in [2.75, 3.05) is 7.05 Å². The first-order valence-corrected chi connectivity index (χ1v) is 5.38. The van der Waals surface area contributed by atoms with Crippen molar-refractivity contribution < 1.29 is 9.59 Å². The first kappa shape index (κ1) is 11.3. The van der Waals surface area contributed by atoms with Gasteiger partial charge in [-0.1, -0.05) is 24.3 Å². The minimum Gasteiger partial charge on any atom is -0.355 e. The molecule has 0 fully saturated rings. The monoisotopic (exact) mass is 227 g/mol. The maximum Gasteiger partial charge on any atom is 0.251 e. The summed E-state index contributed by atoms with van der Waals surface area (Å²) in [6, 6.07) is 9.21. The summed E-state index contributed by atoms with van der Waals surface area (Å²) in [7, 11) is 1.58. The molecular weight excluding hydrogens is 214 g/mol. The van der Waals surface area contributed by atoms with Gasteiger partial charge in [-0.25, -0.2) is 0 Å². The number of hydrogen-bond acceptors (Lipinski definition) is 2. The topological polar surface area (TPSA) is 46.2 Å². The molecule has 0 radical (unpaired) electrons. The minimum absolute atomic E-state index is 0.173. The lowest BCUT2D eigenvalue weighted by molar-refractivity contribution is 0.0964. The van der Waals surface area contributed by atoms with E-state index in [-0.39, 0.29) is 5.91 Å². The van der Waals surface area contributed by atoms with E-state index in [0.29, 0.717) is 16.5 Å². The molecule has 0 spiro atoms. The largest absolute Gasteiger partial charge is 0.355 e. The minimum atomic E-state index is -0.173. The third-order valence-corrected chi connectivity index (χ3v) is 2.75. The first-order chi connectivity index (χ1) is 8.17. The van der Waals surface area contributed by atoms with Gasteiger partial charge in [-0.3, -0.25) is 9.59 Å². The Morgan fingerprint density at radius 3 is 2.71 bits per heavy atom. The van der Waals surface area contributed by atoms with Gasteiger partial charge in [0.15, 0.2) is 6.29 Å². The number of aldehydes is 1. The quantitative estimate of drug-likeness (QED) is 0.800. The zero-order valence-corrected chi connectivity index (χ0v) is 9.78. The maximum atomic E-state index is 11.8. The summed E-state index contributed by atoms with van der Waals surface area (Å²) in [4.78, 5) is 22.9. The van der Waals surface area contributed by atoms with Gasteiger partial charge in [0.25, 0.3) is 5.91 Å². The van der Waals surface area contributed by atoms with E-state index in [1.807, 2.05) is 25.1 Å². The molecule has 3 nitrogen and oxygen atoms in total. The Morgan fingerprint density at radius 1 is 1.29 bits per heavy atom. The van der Waals surface area contributed by atoms with Crippen LogP contribution >= 0.6 is 0 Å². The number of aryl methyl sites for hydroxylation is 1. The summed E-state index contributed by atoms with van der Waals surface area (Å²) >= 11 is 0. The van der Waals surface area contributed by atoms with Crippen LogP contribution in [0, 0.1) is 6.92 Å². The van der Waals surface area contributed by atoms with Crippen molar-refractivity contribution in [1.82, 2.24) is 5.32 Å². The lowest BCUT2D eigenvalue weighted by Gasteiger charge is -2.09. The zero-order valence-electron chi connectivity index (χ0n) is 9.78. The standard InChI is InChI=1S/C14H13NO2/c1-9-6-10-4-3-5-11(8-16)13(10)12(7-9)14(17)15-2/h3-8H,1-2H3,(H,15,17). The third kappa shape index (κ3) is 1.91. The van der Waals surface area contributed by atoms with Gasteiger partial charge in [-0.15, -0.1) is 0 Å². The van der Waals surface area contributed by atoms with Crippen molar-refractivity contribution in [2.45, 2.75) is 6.92 Å². The first-order valence-electron chi connectivity index (χ1n) is 5.38. The molecule has 0 aliphatic carbocycles. The van der Waals surface area contributed by atoms with Crippen LogP contribution < -0.4 is 5.32 Å². The second-order valence-electron chi connectivity index (χ2n) is 3.95. The molecule has 0 aliphatic heterocycles. The van der Waals surface area contributed by atoms with Gasteiger partial charge in [0, 0.05) is 23.6 Å².